The minimum atomic E-state index is 0.804. The van der Waals surface area contributed by atoms with Crippen molar-refractivity contribution >= 4 is 10.9 Å². The number of H-pyrrole nitrogens is 1. The van der Waals surface area contributed by atoms with E-state index in [9.17, 15) is 0 Å². The van der Waals surface area contributed by atoms with E-state index < -0.39 is 0 Å². The quantitative estimate of drug-likeness (QED) is 0.612. The molecule has 3 aromatic heterocycles. The van der Waals surface area contributed by atoms with Crippen molar-refractivity contribution in [2.24, 2.45) is 7.05 Å². The van der Waals surface area contributed by atoms with Crippen LogP contribution >= 0.6 is 0 Å². The van der Waals surface area contributed by atoms with E-state index in [0.29, 0.717) is 0 Å². The van der Waals surface area contributed by atoms with Gasteiger partial charge in [-0.05, 0) is 30.2 Å². The number of hydrogen-bond acceptors (Lipinski definition) is 4. The molecule has 4 rings (SSSR count). The number of ether oxygens (including phenoxy) is 1. The Morgan fingerprint density at radius 3 is 3.00 bits per heavy atom. The Labute approximate surface area is 138 Å². The highest BCUT2D eigenvalue weighted by Crippen LogP contribution is 2.28. The molecule has 0 fully saturated rings. The number of aromatic nitrogens is 6. The molecule has 24 heavy (non-hydrogen) atoms. The molecule has 0 saturated carbocycles. The summed E-state index contributed by atoms with van der Waals surface area (Å²) in [6.45, 7) is 0.819. The summed E-state index contributed by atoms with van der Waals surface area (Å²) in [5.74, 6) is 1.65. The van der Waals surface area contributed by atoms with E-state index in [1.165, 1.54) is 5.56 Å². The van der Waals surface area contributed by atoms with Gasteiger partial charge in [0.05, 0.1) is 18.8 Å². The molecule has 0 saturated heterocycles. The predicted molar refractivity (Wildman–Crippen MR) is 90.8 cm³/mol. The molecular formula is C17H18N6O. The van der Waals surface area contributed by atoms with E-state index in [0.717, 1.165) is 41.1 Å². The van der Waals surface area contributed by atoms with Gasteiger partial charge in [0.2, 0.25) is 0 Å². The fourth-order valence-corrected chi connectivity index (χ4v) is 2.85. The lowest BCUT2D eigenvalue weighted by molar-refractivity contribution is 0.415. The van der Waals surface area contributed by atoms with Gasteiger partial charge in [0.25, 0.3) is 0 Å². The van der Waals surface area contributed by atoms with Gasteiger partial charge in [-0.3, -0.25) is 9.78 Å². The Kier molecular flexibility index (Phi) is 3.53. The summed E-state index contributed by atoms with van der Waals surface area (Å²) in [4.78, 5) is 4.50. The number of rotatable bonds is 5. The monoisotopic (exact) mass is 322 g/mol. The lowest BCUT2D eigenvalue weighted by Crippen LogP contribution is -2.02. The third kappa shape index (κ3) is 2.54. The van der Waals surface area contributed by atoms with Crippen molar-refractivity contribution in [3.05, 3.63) is 48.5 Å². The zero-order valence-electron chi connectivity index (χ0n) is 13.6. The van der Waals surface area contributed by atoms with Crippen LogP contribution < -0.4 is 4.74 Å². The van der Waals surface area contributed by atoms with Gasteiger partial charge in [0, 0.05) is 37.6 Å². The van der Waals surface area contributed by atoms with Crippen LogP contribution in [-0.4, -0.2) is 36.6 Å². The number of benzene rings is 1. The van der Waals surface area contributed by atoms with Crippen LogP contribution in [0.4, 0.5) is 0 Å². The van der Waals surface area contributed by atoms with Crippen LogP contribution in [0.2, 0.25) is 0 Å². The lowest BCUT2D eigenvalue weighted by Gasteiger charge is -2.06. The van der Waals surface area contributed by atoms with E-state index in [-0.39, 0.29) is 0 Å². The number of aromatic amines is 1. The van der Waals surface area contributed by atoms with Crippen LogP contribution in [0.15, 0.2) is 43.0 Å². The second-order valence-corrected chi connectivity index (χ2v) is 5.70. The number of aryl methyl sites for hydroxylation is 3. The number of nitrogens with zero attached hydrogens (tertiary/aromatic N) is 5. The molecule has 0 aliphatic carbocycles. The largest absolute Gasteiger partial charge is 0.497 e. The first kappa shape index (κ1) is 14.5. The molecule has 0 aliphatic rings. The Balaban J connectivity index is 1.66. The third-order valence-corrected chi connectivity index (χ3v) is 4.10. The molecule has 0 atom stereocenters. The summed E-state index contributed by atoms with van der Waals surface area (Å²) in [5, 5.41) is 12.7. The van der Waals surface area contributed by atoms with Crippen LogP contribution in [0, 0.1) is 0 Å². The topological polar surface area (TPSA) is 73.6 Å². The Bertz CT molecular complexity index is 980. The second kappa shape index (κ2) is 5.84. The van der Waals surface area contributed by atoms with E-state index >= 15 is 0 Å². The molecule has 7 heteroatoms. The molecule has 0 unspecified atom stereocenters. The first-order valence-corrected chi connectivity index (χ1v) is 7.76. The smallest absolute Gasteiger partial charge is 0.161 e. The summed E-state index contributed by atoms with van der Waals surface area (Å²) >= 11 is 0. The fourth-order valence-electron chi connectivity index (χ4n) is 2.85. The Morgan fingerprint density at radius 2 is 2.21 bits per heavy atom. The number of fused-ring (bicyclic) bond motifs is 1. The van der Waals surface area contributed by atoms with Gasteiger partial charge in [-0.25, -0.2) is 4.98 Å². The molecule has 3 heterocycles. The van der Waals surface area contributed by atoms with E-state index in [1.807, 2.05) is 48.5 Å². The number of methoxy groups -OCH3 is 1. The third-order valence-electron chi connectivity index (χ3n) is 4.10. The first-order valence-electron chi connectivity index (χ1n) is 7.76. The first-order chi connectivity index (χ1) is 11.7. The summed E-state index contributed by atoms with van der Waals surface area (Å²) in [6.07, 6.45) is 8.60. The molecule has 4 aromatic rings. The normalized spacial score (nSPS) is 11.2. The van der Waals surface area contributed by atoms with Crippen LogP contribution in [0.5, 0.6) is 5.75 Å². The Morgan fingerprint density at radius 1 is 1.29 bits per heavy atom. The van der Waals surface area contributed by atoms with Gasteiger partial charge in [-0.1, -0.05) is 0 Å². The van der Waals surface area contributed by atoms with Crippen molar-refractivity contribution in [3.63, 3.8) is 0 Å². The maximum absolute atomic E-state index is 5.32. The van der Waals surface area contributed by atoms with Gasteiger partial charge >= 0.3 is 0 Å². The summed E-state index contributed by atoms with van der Waals surface area (Å²) in [7, 11) is 3.59. The fraction of sp³-hybridized carbons (Fsp3) is 0.235. The lowest BCUT2D eigenvalue weighted by atomic mass is 10.2. The van der Waals surface area contributed by atoms with Gasteiger partial charge < -0.3 is 9.30 Å². The molecule has 122 valence electrons. The average Bonchev–Trinajstić information content (AvgIpc) is 3.31. The van der Waals surface area contributed by atoms with Crippen LogP contribution in [0.1, 0.15) is 5.56 Å². The highest BCUT2D eigenvalue weighted by Gasteiger charge is 2.14. The van der Waals surface area contributed by atoms with Crippen molar-refractivity contribution in [2.45, 2.75) is 13.0 Å². The summed E-state index contributed by atoms with van der Waals surface area (Å²) in [6, 6.07) is 5.86. The number of nitrogens with one attached hydrogen (secondary N) is 1. The number of imidazole rings is 1. The zero-order valence-corrected chi connectivity index (χ0v) is 13.6. The molecule has 1 aromatic carbocycles. The molecule has 1 N–H and O–H groups in total. The van der Waals surface area contributed by atoms with Gasteiger partial charge in [0.1, 0.15) is 11.4 Å². The van der Waals surface area contributed by atoms with E-state index in [1.54, 1.807) is 13.3 Å². The Hall–Kier alpha value is -3.09. The second-order valence-electron chi connectivity index (χ2n) is 5.70. The number of hydrogen-bond donors (Lipinski definition) is 1. The van der Waals surface area contributed by atoms with E-state index in [4.69, 9.17) is 4.74 Å². The molecule has 0 aliphatic heterocycles. The SMILES string of the molecule is COc1ccc2[nH]nc(-c3nccn3CCc3cnn(C)c3)c2c1. The van der Waals surface area contributed by atoms with Gasteiger partial charge in [-0.2, -0.15) is 10.2 Å². The molecule has 0 amide bonds. The maximum Gasteiger partial charge on any atom is 0.161 e. The van der Waals surface area contributed by atoms with Crippen LogP contribution in [0.3, 0.4) is 0 Å². The summed E-state index contributed by atoms with van der Waals surface area (Å²) in [5.41, 5.74) is 3.00. The minimum Gasteiger partial charge on any atom is -0.497 e. The molecule has 0 spiro atoms. The average molecular weight is 322 g/mol. The molecular weight excluding hydrogens is 304 g/mol. The molecule has 7 nitrogen and oxygen atoms in total. The highest BCUT2D eigenvalue weighted by molar-refractivity contribution is 5.92. The maximum atomic E-state index is 5.32. The predicted octanol–water partition coefficient (Wildman–Crippen LogP) is 2.41. The van der Waals surface area contributed by atoms with Crippen molar-refractivity contribution in [2.75, 3.05) is 7.11 Å². The van der Waals surface area contributed by atoms with E-state index in [2.05, 4.69) is 24.8 Å². The van der Waals surface area contributed by atoms with Crippen LogP contribution in [0.25, 0.3) is 22.4 Å². The van der Waals surface area contributed by atoms with Gasteiger partial charge in [-0.15, -0.1) is 0 Å². The van der Waals surface area contributed by atoms with Crippen molar-refractivity contribution < 1.29 is 4.74 Å². The minimum absolute atomic E-state index is 0.804. The molecule has 0 radical (unpaired) electrons. The van der Waals surface area contributed by atoms with Crippen molar-refractivity contribution in [3.8, 4) is 17.3 Å². The van der Waals surface area contributed by atoms with Gasteiger partial charge in [0.15, 0.2) is 5.82 Å². The highest BCUT2D eigenvalue weighted by atomic mass is 16.5. The summed E-state index contributed by atoms with van der Waals surface area (Å²) < 4.78 is 9.25. The standard InChI is InChI=1S/C17H18N6O/c1-22-11-12(10-19-22)5-7-23-8-6-18-17(23)16-14-9-13(24-2)3-4-15(14)20-21-16/h3-4,6,8-11H,5,7H2,1-2H3,(H,20,21). The van der Waals surface area contributed by atoms with Crippen LogP contribution in [-0.2, 0) is 20.0 Å². The van der Waals surface area contributed by atoms with Crippen molar-refractivity contribution in [1.29, 1.82) is 0 Å². The zero-order chi connectivity index (χ0) is 16.5. The molecule has 0 bridgehead atoms. The van der Waals surface area contributed by atoms with Crippen molar-refractivity contribution in [1.82, 2.24) is 29.5 Å².